The van der Waals surface area contributed by atoms with Gasteiger partial charge in [0, 0.05) is 74.3 Å². The van der Waals surface area contributed by atoms with Gasteiger partial charge in [-0.25, -0.2) is 0 Å². The number of benzene rings is 3. The van der Waals surface area contributed by atoms with Crippen molar-refractivity contribution in [3.05, 3.63) is 105 Å². The van der Waals surface area contributed by atoms with Crippen LogP contribution in [0.5, 0.6) is 17.2 Å². The Labute approximate surface area is 326 Å². The SMILES string of the molecule is CC(=O)NC1CCN(CCCOc2cccc(-c3cccc(COc4cc(OCc5cncc(C#N)c5)c(CNC(CO)CO)cc4Cl)c3C)c2Cl)CC1. The highest BCUT2D eigenvalue weighted by atomic mass is 35.5. The molecule has 0 radical (unpaired) electrons. The minimum Gasteiger partial charge on any atom is -0.492 e. The summed E-state index contributed by atoms with van der Waals surface area (Å²) in [6.07, 6.45) is 5.90. The standard InChI is InChI=1S/C41H47Cl2N5O6/c1-27-31(6-3-7-35(27)36-8-4-9-38(41(36)43)52-15-5-12-48-13-10-33(11-14-48)47-28(2)51)26-54-40-18-39(53-25-30-16-29(19-44)20-45-21-30)32(17-37(40)42)22-46-34(23-49)24-50/h3-4,6-9,16-18,20-21,33-34,46,49-50H,5,10-15,22-26H2,1-2H3,(H,47,51). The molecule has 4 aromatic rings. The van der Waals surface area contributed by atoms with E-state index in [4.69, 9.17) is 37.4 Å². The van der Waals surface area contributed by atoms with Crippen LogP contribution in [0.4, 0.5) is 0 Å². The molecule has 0 saturated carbocycles. The first-order valence-electron chi connectivity index (χ1n) is 18.1. The quantitative estimate of drug-likeness (QED) is 0.0861. The van der Waals surface area contributed by atoms with E-state index in [9.17, 15) is 20.3 Å². The summed E-state index contributed by atoms with van der Waals surface area (Å²) in [5.74, 6) is 1.56. The number of nitriles is 1. The zero-order valence-corrected chi connectivity index (χ0v) is 32.1. The summed E-state index contributed by atoms with van der Waals surface area (Å²) in [7, 11) is 0. The number of nitrogens with one attached hydrogen (secondary N) is 2. The lowest BCUT2D eigenvalue weighted by molar-refractivity contribution is -0.119. The second kappa shape index (κ2) is 20.3. The minimum absolute atomic E-state index is 0.0298. The average Bonchev–Trinajstić information content (AvgIpc) is 3.17. The molecule has 0 aliphatic carbocycles. The lowest BCUT2D eigenvalue weighted by atomic mass is 9.96. The molecule has 286 valence electrons. The molecule has 3 aromatic carbocycles. The highest BCUT2D eigenvalue weighted by molar-refractivity contribution is 6.35. The molecule has 0 atom stereocenters. The van der Waals surface area contributed by atoms with Crippen LogP contribution in [0, 0.1) is 18.3 Å². The highest BCUT2D eigenvalue weighted by Crippen LogP contribution is 2.39. The van der Waals surface area contributed by atoms with Crippen molar-refractivity contribution in [2.45, 2.75) is 65.0 Å². The molecule has 0 bridgehead atoms. The molecule has 2 heterocycles. The molecular weight excluding hydrogens is 729 g/mol. The number of amides is 1. The van der Waals surface area contributed by atoms with Gasteiger partial charge in [-0.1, -0.05) is 53.5 Å². The summed E-state index contributed by atoms with van der Waals surface area (Å²) in [6.45, 7) is 7.12. The van der Waals surface area contributed by atoms with E-state index in [2.05, 4.69) is 26.6 Å². The fourth-order valence-electron chi connectivity index (χ4n) is 6.36. The Bertz CT molecular complexity index is 1910. The van der Waals surface area contributed by atoms with Crippen molar-refractivity contribution in [1.29, 1.82) is 5.26 Å². The van der Waals surface area contributed by atoms with Crippen molar-refractivity contribution < 1.29 is 29.2 Å². The fourth-order valence-corrected chi connectivity index (χ4v) is 6.89. The average molecular weight is 777 g/mol. The smallest absolute Gasteiger partial charge is 0.217 e. The monoisotopic (exact) mass is 775 g/mol. The number of ether oxygens (including phenoxy) is 3. The van der Waals surface area contributed by atoms with E-state index < -0.39 is 6.04 Å². The molecule has 1 aromatic heterocycles. The van der Waals surface area contributed by atoms with Crippen molar-refractivity contribution >= 4 is 29.1 Å². The fraction of sp³-hybridized carbons (Fsp3) is 0.390. The summed E-state index contributed by atoms with van der Waals surface area (Å²) in [4.78, 5) is 17.9. The minimum atomic E-state index is -0.517. The van der Waals surface area contributed by atoms with Crippen LogP contribution >= 0.6 is 23.2 Å². The number of rotatable bonds is 18. The van der Waals surface area contributed by atoms with Gasteiger partial charge in [-0.15, -0.1) is 0 Å². The summed E-state index contributed by atoms with van der Waals surface area (Å²) in [5.41, 5.74) is 5.59. The molecule has 54 heavy (non-hydrogen) atoms. The third-order valence-corrected chi connectivity index (χ3v) is 10.1. The van der Waals surface area contributed by atoms with E-state index in [-0.39, 0.29) is 44.9 Å². The summed E-state index contributed by atoms with van der Waals surface area (Å²) in [5, 5.41) is 35.4. The van der Waals surface area contributed by atoms with Crippen molar-refractivity contribution in [2.75, 3.05) is 39.5 Å². The van der Waals surface area contributed by atoms with E-state index in [1.165, 1.54) is 6.20 Å². The van der Waals surface area contributed by atoms with Crippen molar-refractivity contribution in [3.8, 4) is 34.4 Å². The van der Waals surface area contributed by atoms with Crippen LogP contribution in [-0.4, -0.2) is 77.5 Å². The lowest BCUT2D eigenvalue weighted by Crippen LogP contribution is -2.44. The van der Waals surface area contributed by atoms with Crippen molar-refractivity contribution in [2.24, 2.45) is 0 Å². The van der Waals surface area contributed by atoms with Gasteiger partial charge in [-0.2, -0.15) is 5.26 Å². The maximum Gasteiger partial charge on any atom is 0.217 e. The number of pyridine rings is 1. The number of carbonyl (C=O) groups is 1. The number of aromatic nitrogens is 1. The number of halogens is 2. The van der Waals surface area contributed by atoms with Crippen LogP contribution in [0.1, 0.15) is 54.0 Å². The van der Waals surface area contributed by atoms with Crippen LogP contribution in [0.25, 0.3) is 11.1 Å². The molecule has 1 aliphatic rings. The number of hydrogen-bond donors (Lipinski definition) is 4. The topological polar surface area (TPSA) is 149 Å². The van der Waals surface area contributed by atoms with Gasteiger partial charge in [-0.3, -0.25) is 9.78 Å². The van der Waals surface area contributed by atoms with Gasteiger partial charge in [0.05, 0.1) is 41.5 Å². The van der Waals surface area contributed by atoms with Crippen LogP contribution in [0.3, 0.4) is 0 Å². The van der Waals surface area contributed by atoms with Crippen molar-refractivity contribution in [1.82, 2.24) is 20.5 Å². The van der Waals surface area contributed by atoms with E-state index >= 15 is 0 Å². The predicted octanol–water partition coefficient (Wildman–Crippen LogP) is 6.21. The van der Waals surface area contributed by atoms with E-state index in [1.54, 1.807) is 31.3 Å². The second-order valence-electron chi connectivity index (χ2n) is 13.3. The van der Waals surface area contributed by atoms with Gasteiger partial charge in [0.1, 0.15) is 36.5 Å². The van der Waals surface area contributed by atoms with E-state index in [1.807, 2.05) is 43.3 Å². The Morgan fingerprint density at radius 3 is 2.44 bits per heavy atom. The zero-order chi connectivity index (χ0) is 38.5. The molecule has 0 spiro atoms. The molecular formula is C41H47Cl2N5O6. The van der Waals surface area contributed by atoms with Crippen LogP contribution in [0.2, 0.25) is 10.0 Å². The van der Waals surface area contributed by atoms with E-state index in [0.29, 0.717) is 50.6 Å². The number of nitrogens with zero attached hydrogens (tertiary/aromatic N) is 3. The Kier molecular flexibility index (Phi) is 15.3. The number of aliphatic hydroxyl groups excluding tert-OH is 2. The summed E-state index contributed by atoms with van der Waals surface area (Å²) < 4.78 is 18.6. The number of hydrogen-bond acceptors (Lipinski definition) is 10. The number of piperidine rings is 1. The molecule has 4 N–H and O–H groups in total. The van der Waals surface area contributed by atoms with E-state index in [0.717, 1.165) is 61.2 Å². The molecule has 1 aliphatic heterocycles. The van der Waals surface area contributed by atoms with Gasteiger partial charge in [-0.05, 0) is 61.1 Å². The van der Waals surface area contributed by atoms with Crippen LogP contribution in [-0.2, 0) is 24.6 Å². The molecule has 13 heteroatoms. The number of carbonyl (C=O) groups excluding carboxylic acids is 1. The Hall–Kier alpha value is -4.41. The Morgan fingerprint density at radius 1 is 0.963 bits per heavy atom. The largest absolute Gasteiger partial charge is 0.492 e. The molecule has 1 fully saturated rings. The van der Waals surface area contributed by atoms with Gasteiger partial charge in [0.2, 0.25) is 5.91 Å². The highest BCUT2D eigenvalue weighted by Gasteiger charge is 2.20. The third-order valence-electron chi connectivity index (χ3n) is 9.41. The predicted molar refractivity (Wildman–Crippen MR) is 209 cm³/mol. The summed E-state index contributed by atoms with van der Waals surface area (Å²) in [6, 6.07) is 18.8. The van der Waals surface area contributed by atoms with Gasteiger partial charge in [0.25, 0.3) is 0 Å². The molecule has 11 nitrogen and oxygen atoms in total. The Balaban J connectivity index is 1.25. The second-order valence-corrected chi connectivity index (χ2v) is 14.1. The zero-order valence-electron chi connectivity index (χ0n) is 30.6. The summed E-state index contributed by atoms with van der Waals surface area (Å²) >= 11 is 13.7. The van der Waals surface area contributed by atoms with Crippen LogP contribution in [0.15, 0.2) is 67.0 Å². The van der Waals surface area contributed by atoms with Gasteiger partial charge < -0.3 is 40.0 Å². The molecule has 1 saturated heterocycles. The first-order chi connectivity index (χ1) is 26.2. The maximum absolute atomic E-state index is 11.4. The maximum atomic E-state index is 11.4. The normalized spacial score (nSPS) is 13.4. The number of likely N-dealkylation sites (tertiary alicyclic amines) is 1. The van der Waals surface area contributed by atoms with Crippen molar-refractivity contribution in [3.63, 3.8) is 0 Å². The Morgan fingerprint density at radius 2 is 1.70 bits per heavy atom. The molecule has 0 unspecified atom stereocenters. The third kappa shape index (κ3) is 11.3. The molecule has 1 amide bonds. The van der Waals surface area contributed by atoms with Crippen LogP contribution < -0.4 is 24.8 Å². The molecule has 5 rings (SSSR count). The first kappa shape index (κ1) is 40.8. The van der Waals surface area contributed by atoms with Gasteiger partial charge in [0.15, 0.2) is 0 Å². The lowest BCUT2D eigenvalue weighted by Gasteiger charge is -2.32. The van der Waals surface area contributed by atoms with Gasteiger partial charge >= 0.3 is 0 Å². The first-order valence-corrected chi connectivity index (χ1v) is 18.8. The number of aliphatic hydroxyl groups is 2.